The Balaban J connectivity index is 1.15. The van der Waals surface area contributed by atoms with Crippen molar-refractivity contribution in [2.45, 2.75) is 65.3 Å². The molecule has 1 aromatic carbocycles. The van der Waals surface area contributed by atoms with Gasteiger partial charge in [-0.1, -0.05) is 19.9 Å². The summed E-state index contributed by atoms with van der Waals surface area (Å²) in [6.07, 6.45) is 12.4. The number of aliphatic imine (C=N–C) groups is 1. The standard InChI is InChI=1S/C36H43N7O5/c1-3-13-42(14-4-2)36(48)28-16-26-9-10-27(17-30(26)41-31(37)18-28)35(47)40-29-15-24(19-38-21-29)20-39-34(46)25-7-5-23(6-8-25)22-43-32(44)11-12-33(43)45/h9-12,15-17,19,21,23,25H,3-8,13-14,18,20,22H2,1-2H3,(H2,37,41)(H,39,46)(H,40,47). The van der Waals surface area contributed by atoms with Crippen LogP contribution in [0.2, 0.25) is 0 Å². The van der Waals surface area contributed by atoms with Gasteiger partial charge in [0.1, 0.15) is 5.84 Å². The summed E-state index contributed by atoms with van der Waals surface area (Å²) >= 11 is 0. The number of hydrogen-bond donors (Lipinski definition) is 3. The average molecular weight is 654 g/mol. The summed E-state index contributed by atoms with van der Waals surface area (Å²) in [5.41, 5.74) is 9.59. The summed E-state index contributed by atoms with van der Waals surface area (Å²) in [7, 11) is 0. The molecular formula is C36H43N7O5. The minimum absolute atomic E-state index is 0.0502. The Morgan fingerprint density at radius 1 is 0.979 bits per heavy atom. The van der Waals surface area contributed by atoms with E-state index in [1.165, 1.54) is 23.2 Å². The third-order valence-electron chi connectivity index (χ3n) is 8.89. The highest BCUT2D eigenvalue weighted by Crippen LogP contribution is 2.31. The minimum Gasteiger partial charge on any atom is -0.387 e. The summed E-state index contributed by atoms with van der Waals surface area (Å²) in [5.74, 6) is -0.645. The molecule has 0 atom stereocenters. The molecule has 1 aliphatic carbocycles. The van der Waals surface area contributed by atoms with Gasteiger partial charge in [-0.15, -0.1) is 0 Å². The van der Waals surface area contributed by atoms with E-state index in [-0.39, 0.29) is 54.3 Å². The van der Waals surface area contributed by atoms with Gasteiger partial charge in [-0.3, -0.25) is 33.9 Å². The van der Waals surface area contributed by atoms with E-state index in [0.717, 1.165) is 31.2 Å². The minimum atomic E-state index is -0.360. The van der Waals surface area contributed by atoms with Crippen molar-refractivity contribution in [3.8, 4) is 0 Å². The SMILES string of the molecule is CCCN(CCC)C(=O)C1=Cc2ccc(C(=O)Nc3cncc(CNC(=O)C4CCC(CN5C(=O)C=CC5=O)CC4)c3)cc2N=C(N)C1. The molecular weight excluding hydrogens is 610 g/mol. The molecule has 0 unspecified atom stereocenters. The van der Waals surface area contributed by atoms with Gasteiger partial charge in [0.25, 0.3) is 17.7 Å². The monoisotopic (exact) mass is 653 g/mol. The molecule has 3 aliphatic rings. The van der Waals surface area contributed by atoms with Gasteiger partial charge in [0.2, 0.25) is 11.8 Å². The highest BCUT2D eigenvalue weighted by molar-refractivity contribution is 6.13. The van der Waals surface area contributed by atoms with Crippen molar-refractivity contribution in [3.63, 3.8) is 0 Å². The molecule has 0 saturated heterocycles. The Hall–Kier alpha value is -5.13. The van der Waals surface area contributed by atoms with E-state index in [1.54, 1.807) is 30.5 Å². The van der Waals surface area contributed by atoms with Gasteiger partial charge in [0, 0.05) is 73.6 Å². The Kier molecular flexibility index (Phi) is 11.1. The van der Waals surface area contributed by atoms with Crippen LogP contribution < -0.4 is 16.4 Å². The van der Waals surface area contributed by atoms with Crippen molar-refractivity contribution in [1.82, 2.24) is 20.1 Å². The summed E-state index contributed by atoms with van der Waals surface area (Å²) in [6, 6.07) is 6.87. The lowest BCUT2D eigenvalue weighted by molar-refractivity contribution is -0.138. The first-order valence-electron chi connectivity index (χ1n) is 16.7. The van der Waals surface area contributed by atoms with Gasteiger partial charge in [0.15, 0.2) is 0 Å². The van der Waals surface area contributed by atoms with Crippen LogP contribution in [-0.4, -0.2) is 69.8 Å². The zero-order valence-electron chi connectivity index (χ0n) is 27.5. The molecule has 2 aromatic rings. The molecule has 5 rings (SSSR count). The highest BCUT2D eigenvalue weighted by Gasteiger charge is 2.31. The molecule has 48 heavy (non-hydrogen) atoms. The van der Waals surface area contributed by atoms with Crippen LogP contribution in [0.15, 0.2) is 59.4 Å². The number of carbonyl (C=O) groups is 5. The van der Waals surface area contributed by atoms with Crippen LogP contribution in [0.5, 0.6) is 0 Å². The topological polar surface area (TPSA) is 167 Å². The Morgan fingerprint density at radius 3 is 2.38 bits per heavy atom. The molecule has 12 nitrogen and oxygen atoms in total. The third kappa shape index (κ3) is 8.41. The molecule has 0 spiro atoms. The number of benzene rings is 1. The van der Waals surface area contributed by atoms with Crippen molar-refractivity contribution in [3.05, 3.63) is 71.1 Å². The number of rotatable bonds is 12. The van der Waals surface area contributed by atoms with Gasteiger partial charge in [-0.2, -0.15) is 0 Å². The molecule has 252 valence electrons. The largest absolute Gasteiger partial charge is 0.387 e. The molecule has 0 bridgehead atoms. The number of aromatic nitrogens is 1. The quantitative estimate of drug-likeness (QED) is 0.290. The fourth-order valence-corrected chi connectivity index (χ4v) is 6.39. The van der Waals surface area contributed by atoms with Crippen LogP contribution in [0.25, 0.3) is 6.08 Å². The number of anilines is 1. The molecule has 12 heteroatoms. The van der Waals surface area contributed by atoms with Crippen LogP contribution in [0.3, 0.4) is 0 Å². The number of hydrogen-bond acceptors (Lipinski definition) is 8. The molecule has 1 saturated carbocycles. The first-order chi connectivity index (χ1) is 23.1. The van der Waals surface area contributed by atoms with Gasteiger partial charge in [0.05, 0.1) is 17.6 Å². The zero-order valence-corrected chi connectivity index (χ0v) is 27.5. The molecule has 2 aliphatic heterocycles. The van der Waals surface area contributed by atoms with E-state index in [4.69, 9.17) is 5.73 Å². The smallest absolute Gasteiger partial charge is 0.255 e. The molecule has 0 radical (unpaired) electrons. The number of imide groups is 1. The van der Waals surface area contributed by atoms with Crippen molar-refractivity contribution in [2.75, 3.05) is 25.0 Å². The lowest BCUT2D eigenvalue weighted by Gasteiger charge is -2.30. The number of nitrogens with one attached hydrogen (secondary N) is 2. The molecule has 3 heterocycles. The van der Waals surface area contributed by atoms with Crippen LogP contribution in [0.1, 0.15) is 80.3 Å². The van der Waals surface area contributed by atoms with Crippen molar-refractivity contribution in [2.24, 2.45) is 22.6 Å². The van der Waals surface area contributed by atoms with Gasteiger partial charge in [-0.05, 0) is 74.3 Å². The number of nitrogens with two attached hydrogens (primary N) is 1. The van der Waals surface area contributed by atoms with Crippen LogP contribution in [-0.2, 0) is 25.7 Å². The first-order valence-corrected chi connectivity index (χ1v) is 16.7. The second-order valence-corrected chi connectivity index (χ2v) is 12.6. The summed E-state index contributed by atoms with van der Waals surface area (Å²) in [6.45, 7) is 6.07. The molecule has 4 N–H and O–H groups in total. The third-order valence-corrected chi connectivity index (χ3v) is 8.89. The van der Waals surface area contributed by atoms with E-state index in [1.807, 2.05) is 24.8 Å². The first kappa shape index (κ1) is 34.2. The normalized spacial score (nSPS) is 18.8. The van der Waals surface area contributed by atoms with Gasteiger partial charge in [-0.25, -0.2) is 4.99 Å². The number of fused-ring (bicyclic) bond motifs is 1. The predicted octanol–water partition coefficient (Wildman–Crippen LogP) is 4.11. The average Bonchev–Trinajstić information content (AvgIpc) is 3.28. The maximum Gasteiger partial charge on any atom is 0.255 e. The van der Waals surface area contributed by atoms with Crippen LogP contribution >= 0.6 is 0 Å². The van der Waals surface area contributed by atoms with E-state index in [9.17, 15) is 24.0 Å². The maximum atomic E-state index is 13.3. The fraction of sp³-hybridized carbons (Fsp3) is 0.417. The predicted molar refractivity (Wildman–Crippen MR) is 183 cm³/mol. The second kappa shape index (κ2) is 15.6. The number of amides is 5. The molecule has 1 aromatic heterocycles. The number of carbonyl (C=O) groups excluding carboxylic acids is 5. The summed E-state index contributed by atoms with van der Waals surface area (Å²) in [4.78, 5) is 75.0. The van der Waals surface area contributed by atoms with E-state index < -0.39 is 0 Å². The lowest BCUT2D eigenvalue weighted by atomic mass is 9.81. The fourth-order valence-electron chi connectivity index (χ4n) is 6.39. The number of amidine groups is 1. The van der Waals surface area contributed by atoms with E-state index in [2.05, 4.69) is 20.6 Å². The summed E-state index contributed by atoms with van der Waals surface area (Å²) in [5, 5.41) is 5.85. The Morgan fingerprint density at radius 2 is 1.69 bits per heavy atom. The second-order valence-electron chi connectivity index (χ2n) is 12.6. The van der Waals surface area contributed by atoms with Crippen LogP contribution in [0.4, 0.5) is 11.4 Å². The van der Waals surface area contributed by atoms with E-state index in [0.29, 0.717) is 66.4 Å². The molecule has 1 fully saturated rings. The Labute approximate surface area is 280 Å². The van der Waals surface area contributed by atoms with Crippen molar-refractivity contribution in [1.29, 1.82) is 0 Å². The number of nitrogens with zero attached hydrogens (tertiary/aromatic N) is 4. The van der Waals surface area contributed by atoms with Crippen LogP contribution in [0, 0.1) is 11.8 Å². The van der Waals surface area contributed by atoms with Crippen molar-refractivity contribution < 1.29 is 24.0 Å². The zero-order chi connectivity index (χ0) is 34.2. The lowest BCUT2D eigenvalue weighted by Crippen LogP contribution is -2.38. The molecule has 5 amide bonds. The highest BCUT2D eigenvalue weighted by atomic mass is 16.2. The number of pyridine rings is 1. The Bertz CT molecular complexity index is 1650. The summed E-state index contributed by atoms with van der Waals surface area (Å²) < 4.78 is 0. The van der Waals surface area contributed by atoms with Crippen molar-refractivity contribution >= 4 is 52.8 Å². The maximum absolute atomic E-state index is 13.3. The van der Waals surface area contributed by atoms with Gasteiger partial charge >= 0.3 is 0 Å². The van der Waals surface area contributed by atoms with Gasteiger partial charge < -0.3 is 21.3 Å². The van der Waals surface area contributed by atoms with E-state index >= 15 is 0 Å².